The first-order valence-corrected chi connectivity index (χ1v) is 11.7. The van der Waals surface area contributed by atoms with Crippen LogP contribution >= 0.6 is 23.4 Å². The van der Waals surface area contributed by atoms with Crippen molar-refractivity contribution in [2.24, 2.45) is 0 Å². The molecule has 34 heavy (non-hydrogen) atoms. The molecule has 0 spiro atoms. The number of hydrogen-bond acceptors (Lipinski definition) is 6. The van der Waals surface area contributed by atoms with E-state index in [4.69, 9.17) is 11.6 Å². The van der Waals surface area contributed by atoms with E-state index >= 15 is 0 Å². The summed E-state index contributed by atoms with van der Waals surface area (Å²) >= 11 is 7.62. The second kappa shape index (κ2) is 10.5. The minimum Gasteiger partial charge on any atom is -0.345 e. The third-order valence-corrected chi connectivity index (χ3v) is 6.32. The first kappa shape index (κ1) is 23.5. The van der Waals surface area contributed by atoms with Gasteiger partial charge in [0.1, 0.15) is 0 Å². The lowest BCUT2D eigenvalue weighted by Gasteiger charge is -2.11. The number of thioether (sulfide) groups is 1. The maximum Gasteiger partial charge on any atom is 0.269 e. The Labute approximate surface area is 205 Å². The van der Waals surface area contributed by atoms with Crippen LogP contribution in [-0.2, 0) is 12.3 Å². The number of halogens is 1. The molecule has 0 saturated heterocycles. The molecule has 172 valence electrons. The first-order chi connectivity index (χ1) is 16.4. The molecule has 0 radical (unpaired) electrons. The molecule has 1 aromatic heterocycles. The van der Waals surface area contributed by atoms with E-state index in [0.717, 1.165) is 11.1 Å². The fraction of sp³-hybridized carbons (Fsp3) is 0.125. The Morgan fingerprint density at radius 3 is 2.56 bits per heavy atom. The molecular formula is C24H20ClN5O3S. The van der Waals surface area contributed by atoms with Gasteiger partial charge in [0.25, 0.3) is 11.6 Å². The van der Waals surface area contributed by atoms with Crippen LogP contribution in [0.25, 0.3) is 5.69 Å². The van der Waals surface area contributed by atoms with Gasteiger partial charge < -0.3 is 5.32 Å². The van der Waals surface area contributed by atoms with Crippen molar-refractivity contribution in [1.82, 2.24) is 20.1 Å². The molecule has 0 unspecified atom stereocenters. The van der Waals surface area contributed by atoms with Crippen LogP contribution in [0.1, 0.15) is 27.3 Å². The molecule has 0 aliphatic carbocycles. The highest BCUT2D eigenvalue weighted by Gasteiger charge is 2.18. The normalized spacial score (nSPS) is 10.8. The van der Waals surface area contributed by atoms with E-state index in [2.05, 4.69) is 21.6 Å². The molecule has 0 bridgehead atoms. The lowest BCUT2D eigenvalue weighted by atomic mass is 10.2. The van der Waals surface area contributed by atoms with Gasteiger partial charge in [-0.2, -0.15) is 0 Å². The average molecular weight is 494 g/mol. The van der Waals surface area contributed by atoms with E-state index < -0.39 is 4.92 Å². The van der Waals surface area contributed by atoms with Gasteiger partial charge in [-0.1, -0.05) is 65.3 Å². The Balaban J connectivity index is 1.60. The highest BCUT2D eigenvalue weighted by atomic mass is 35.5. The number of benzene rings is 3. The number of carbonyl (C=O) groups is 1. The van der Waals surface area contributed by atoms with Crippen LogP contribution in [0.4, 0.5) is 5.69 Å². The summed E-state index contributed by atoms with van der Waals surface area (Å²) < 4.78 is 1.79. The minimum absolute atomic E-state index is 0.0145. The van der Waals surface area contributed by atoms with Gasteiger partial charge in [0, 0.05) is 23.6 Å². The first-order valence-electron chi connectivity index (χ1n) is 10.3. The molecule has 0 fully saturated rings. The summed E-state index contributed by atoms with van der Waals surface area (Å²) in [5.41, 5.74) is 3.30. The third kappa shape index (κ3) is 5.44. The van der Waals surface area contributed by atoms with Gasteiger partial charge in [-0.3, -0.25) is 19.5 Å². The van der Waals surface area contributed by atoms with E-state index in [0.29, 0.717) is 33.0 Å². The Morgan fingerprint density at radius 1 is 1.09 bits per heavy atom. The van der Waals surface area contributed by atoms with E-state index in [9.17, 15) is 14.9 Å². The van der Waals surface area contributed by atoms with Crippen molar-refractivity contribution in [2.75, 3.05) is 0 Å². The Morgan fingerprint density at radius 2 is 1.85 bits per heavy atom. The lowest BCUT2D eigenvalue weighted by molar-refractivity contribution is -0.384. The maximum absolute atomic E-state index is 12.6. The van der Waals surface area contributed by atoms with E-state index in [1.165, 1.54) is 23.9 Å². The van der Waals surface area contributed by atoms with Crippen LogP contribution in [0.15, 0.2) is 78.0 Å². The fourth-order valence-electron chi connectivity index (χ4n) is 3.34. The standard InChI is InChI=1S/C24H20ClN5O3S/c1-16-5-4-6-17(13-16)15-34-24-28-27-22(14-26-23(31)20-7-2-3-8-21(20)25)29(24)18-9-11-19(12-10-18)30(32)33/h2-13H,14-15H2,1H3,(H,26,31). The van der Waals surface area contributed by atoms with Gasteiger partial charge in [0.2, 0.25) is 0 Å². The molecule has 0 aliphatic heterocycles. The topological polar surface area (TPSA) is 103 Å². The molecule has 10 heteroatoms. The zero-order chi connectivity index (χ0) is 24.1. The fourth-order valence-corrected chi connectivity index (χ4v) is 4.48. The molecule has 0 saturated carbocycles. The van der Waals surface area contributed by atoms with Crippen molar-refractivity contribution in [3.63, 3.8) is 0 Å². The number of aromatic nitrogens is 3. The van der Waals surface area contributed by atoms with Crippen LogP contribution in [0.2, 0.25) is 5.02 Å². The number of carbonyl (C=O) groups excluding carboxylic acids is 1. The van der Waals surface area contributed by atoms with Gasteiger partial charge in [-0.25, -0.2) is 0 Å². The summed E-state index contributed by atoms with van der Waals surface area (Å²) in [5, 5.41) is 23.5. The van der Waals surface area contributed by atoms with Crippen molar-refractivity contribution < 1.29 is 9.72 Å². The lowest BCUT2D eigenvalue weighted by Crippen LogP contribution is -2.25. The van der Waals surface area contributed by atoms with Crippen LogP contribution in [0.3, 0.4) is 0 Å². The van der Waals surface area contributed by atoms with Crippen LogP contribution in [-0.4, -0.2) is 25.6 Å². The Bertz CT molecular complexity index is 1340. The molecule has 1 N–H and O–H groups in total. The summed E-state index contributed by atoms with van der Waals surface area (Å²) in [7, 11) is 0. The van der Waals surface area contributed by atoms with Crippen LogP contribution in [0, 0.1) is 17.0 Å². The minimum atomic E-state index is -0.450. The van der Waals surface area contributed by atoms with Crippen LogP contribution in [0.5, 0.6) is 0 Å². The summed E-state index contributed by atoms with van der Waals surface area (Å²) in [5.74, 6) is 0.817. The molecule has 1 heterocycles. The molecular weight excluding hydrogens is 474 g/mol. The highest BCUT2D eigenvalue weighted by molar-refractivity contribution is 7.98. The summed E-state index contributed by atoms with van der Waals surface area (Å²) in [6.45, 7) is 2.13. The predicted molar refractivity (Wildman–Crippen MR) is 131 cm³/mol. The van der Waals surface area contributed by atoms with Gasteiger partial charge >= 0.3 is 0 Å². The molecule has 4 aromatic rings. The van der Waals surface area contributed by atoms with Crippen molar-refractivity contribution >= 4 is 35.0 Å². The maximum atomic E-state index is 12.6. The Hall–Kier alpha value is -3.69. The van der Waals surface area contributed by atoms with Gasteiger partial charge in [-0.05, 0) is 36.8 Å². The number of nitro groups is 1. The average Bonchev–Trinajstić information content (AvgIpc) is 3.24. The summed E-state index contributed by atoms with van der Waals surface area (Å²) in [6.07, 6.45) is 0. The zero-order valence-electron chi connectivity index (χ0n) is 18.1. The molecule has 8 nitrogen and oxygen atoms in total. The summed E-state index contributed by atoms with van der Waals surface area (Å²) in [6, 6.07) is 21.1. The molecule has 0 aliphatic rings. The number of nitrogens with one attached hydrogen (secondary N) is 1. The monoisotopic (exact) mass is 493 g/mol. The highest BCUT2D eigenvalue weighted by Crippen LogP contribution is 2.27. The smallest absolute Gasteiger partial charge is 0.269 e. The zero-order valence-corrected chi connectivity index (χ0v) is 19.7. The molecule has 1 amide bonds. The summed E-state index contributed by atoms with van der Waals surface area (Å²) in [4.78, 5) is 23.2. The van der Waals surface area contributed by atoms with Crippen molar-refractivity contribution in [1.29, 1.82) is 0 Å². The molecule has 3 aromatic carbocycles. The largest absolute Gasteiger partial charge is 0.345 e. The van der Waals surface area contributed by atoms with Crippen LogP contribution < -0.4 is 5.32 Å². The van der Waals surface area contributed by atoms with E-state index in [-0.39, 0.29) is 18.1 Å². The number of nitro benzene ring substituents is 1. The number of amides is 1. The number of non-ortho nitro benzene ring substituents is 1. The molecule has 4 rings (SSSR count). The number of hydrogen-bond donors (Lipinski definition) is 1. The van der Waals surface area contributed by atoms with Crippen molar-refractivity contribution in [3.05, 3.63) is 110 Å². The second-order valence-corrected chi connectivity index (χ2v) is 8.80. The van der Waals surface area contributed by atoms with E-state index in [1.807, 2.05) is 25.1 Å². The SMILES string of the molecule is Cc1cccc(CSc2nnc(CNC(=O)c3ccccc3Cl)n2-c2ccc([N+](=O)[O-])cc2)c1. The van der Waals surface area contributed by atoms with Gasteiger partial charge in [-0.15, -0.1) is 10.2 Å². The predicted octanol–water partition coefficient (Wildman–Crippen LogP) is 5.36. The Kier molecular flexibility index (Phi) is 7.24. The number of nitrogens with zero attached hydrogens (tertiary/aromatic N) is 4. The number of rotatable bonds is 8. The third-order valence-electron chi connectivity index (χ3n) is 5.00. The van der Waals surface area contributed by atoms with Gasteiger partial charge in [0.15, 0.2) is 11.0 Å². The quantitative estimate of drug-likeness (QED) is 0.201. The molecule has 0 atom stereocenters. The number of aryl methyl sites for hydroxylation is 1. The van der Waals surface area contributed by atoms with Crippen molar-refractivity contribution in [3.8, 4) is 5.69 Å². The second-order valence-electron chi connectivity index (χ2n) is 7.45. The van der Waals surface area contributed by atoms with Crippen molar-refractivity contribution in [2.45, 2.75) is 24.4 Å². The van der Waals surface area contributed by atoms with Gasteiger partial charge in [0.05, 0.1) is 22.1 Å². The van der Waals surface area contributed by atoms with E-state index in [1.54, 1.807) is 41.0 Å².